The molecule has 2 rings (SSSR count). The Bertz CT molecular complexity index is 528. The lowest BCUT2D eigenvalue weighted by molar-refractivity contribution is -0.0331. The van der Waals surface area contributed by atoms with Gasteiger partial charge in [0.15, 0.2) is 0 Å². The number of morpholine rings is 1. The molecule has 5 nitrogen and oxygen atoms in total. The van der Waals surface area contributed by atoms with E-state index in [1.54, 1.807) is 17.0 Å². The van der Waals surface area contributed by atoms with Gasteiger partial charge < -0.3 is 15.2 Å². The van der Waals surface area contributed by atoms with Crippen molar-refractivity contribution in [3.8, 4) is 0 Å². The molecule has 1 aliphatic heterocycles. The van der Waals surface area contributed by atoms with Crippen molar-refractivity contribution in [2.75, 3.05) is 25.5 Å². The summed E-state index contributed by atoms with van der Waals surface area (Å²) >= 11 is 6.07. The van der Waals surface area contributed by atoms with E-state index < -0.39 is 5.60 Å². The van der Waals surface area contributed by atoms with Crippen LogP contribution in [-0.2, 0) is 9.47 Å². The van der Waals surface area contributed by atoms with E-state index in [9.17, 15) is 4.79 Å². The summed E-state index contributed by atoms with van der Waals surface area (Å²) in [6.07, 6.45) is -0.344. The number of carbonyl (C=O) groups is 1. The monoisotopic (exact) mass is 312 g/mol. The molecule has 1 aromatic carbocycles. The Morgan fingerprint density at radius 1 is 1.48 bits per heavy atom. The van der Waals surface area contributed by atoms with Crippen molar-refractivity contribution >= 4 is 23.4 Å². The number of carbonyl (C=O) groups excluding carboxylic acids is 1. The van der Waals surface area contributed by atoms with E-state index in [-0.39, 0.29) is 12.1 Å². The van der Waals surface area contributed by atoms with E-state index in [4.69, 9.17) is 26.8 Å². The molecule has 1 fully saturated rings. The third-order valence-electron chi connectivity index (χ3n) is 3.17. The SMILES string of the molecule is CC(C)(C)OC(=O)N1CCOCC1c1ccc(N)c(Cl)c1. The minimum Gasteiger partial charge on any atom is -0.444 e. The van der Waals surface area contributed by atoms with Gasteiger partial charge in [-0.15, -0.1) is 0 Å². The van der Waals surface area contributed by atoms with E-state index in [1.165, 1.54) is 0 Å². The smallest absolute Gasteiger partial charge is 0.410 e. The molecule has 1 saturated heterocycles. The summed E-state index contributed by atoms with van der Waals surface area (Å²) in [6.45, 7) is 6.95. The second-order valence-corrected chi connectivity index (χ2v) is 6.45. The molecular weight excluding hydrogens is 292 g/mol. The number of hydrogen-bond donors (Lipinski definition) is 1. The predicted molar refractivity (Wildman–Crippen MR) is 82.4 cm³/mol. The summed E-state index contributed by atoms with van der Waals surface area (Å²) in [4.78, 5) is 14.0. The van der Waals surface area contributed by atoms with Crippen LogP contribution in [0, 0.1) is 0 Å². The lowest BCUT2D eigenvalue weighted by Gasteiger charge is -2.36. The predicted octanol–water partition coefficient (Wildman–Crippen LogP) is 3.23. The van der Waals surface area contributed by atoms with E-state index in [0.29, 0.717) is 30.5 Å². The van der Waals surface area contributed by atoms with Crippen LogP contribution in [0.3, 0.4) is 0 Å². The average Bonchev–Trinajstić information content (AvgIpc) is 2.40. The second kappa shape index (κ2) is 6.12. The van der Waals surface area contributed by atoms with Crippen LogP contribution in [0.15, 0.2) is 18.2 Å². The van der Waals surface area contributed by atoms with Crippen LogP contribution in [0.2, 0.25) is 5.02 Å². The van der Waals surface area contributed by atoms with Gasteiger partial charge in [-0.05, 0) is 38.5 Å². The molecule has 0 spiro atoms. The standard InChI is InChI=1S/C15H21ClN2O3/c1-15(2,3)21-14(19)18-6-7-20-9-13(18)10-4-5-12(17)11(16)8-10/h4-5,8,13H,6-7,9,17H2,1-3H3. The van der Waals surface area contributed by atoms with Gasteiger partial charge in [0.25, 0.3) is 0 Å². The Morgan fingerprint density at radius 3 is 2.81 bits per heavy atom. The van der Waals surface area contributed by atoms with Crippen LogP contribution >= 0.6 is 11.6 Å². The highest BCUT2D eigenvalue weighted by Gasteiger charge is 2.32. The maximum Gasteiger partial charge on any atom is 0.410 e. The van der Waals surface area contributed by atoms with Crippen molar-refractivity contribution in [2.45, 2.75) is 32.4 Å². The summed E-state index contributed by atoms with van der Waals surface area (Å²) in [5.41, 5.74) is 6.60. The van der Waals surface area contributed by atoms with Crippen LogP contribution in [0.25, 0.3) is 0 Å². The fourth-order valence-corrected chi connectivity index (χ4v) is 2.36. The molecule has 1 heterocycles. The molecule has 1 atom stereocenters. The highest BCUT2D eigenvalue weighted by Crippen LogP contribution is 2.30. The van der Waals surface area contributed by atoms with Crippen LogP contribution in [-0.4, -0.2) is 36.4 Å². The Morgan fingerprint density at radius 2 is 2.19 bits per heavy atom. The number of benzene rings is 1. The summed E-state index contributed by atoms with van der Waals surface area (Å²) in [5.74, 6) is 0. The van der Waals surface area contributed by atoms with Gasteiger partial charge in [0.05, 0.1) is 30.0 Å². The third-order valence-corrected chi connectivity index (χ3v) is 3.49. The Labute approximate surface area is 130 Å². The van der Waals surface area contributed by atoms with E-state index in [1.807, 2.05) is 26.8 Å². The van der Waals surface area contributed by atoms with Crippen LogP contribution in [0.1, 0.15) is 32.4 Å². The van der Waals surface area contributed by atoms with Gasteiger partial charge in [0.1, 0.15) is 5.60 Å². The fraction of sp³-hybridized carbons (Fsp3) is 0.533. The van der Waals surface area contributed by atoms with E-state index in [0.717, 1.165) is 5.56 Å². The number of nitrogens with two attached hydrogens (primary N) is 1. The molecule has 21 heavy (non-hydrogen) atoms. The fourth-order valence-electron chi connectivity index (χ4n) is 2.17. The molecule has 2 N–H and O–H groups in total. The van der Waals surface area contributed by atoms with Crippen molar-refractivity contribution in [1.82, 2.24) is 4.90 Å². The molecule has 0 aromatic heterocycles. The number of anilines is 1. The zero-order chi connectivity index (χ0) is 15.6. The van der Waals surface area contributed by atoms with Gasteiger partial charge in [-0.3, -0.25) is 4.90 Å². The van der Waals surface area contributed by atoms with Crippen molar-refractivity contribution in [3.63, 3.8) is 0 Å². The van der Waals surface area contributed by atoms with Crippen molar-refractivity contribution in [1.29, 1.82) is 0 Å². The first-order chi connectivity index (χ1) is 9.78. The molecule has 0 aliphatic carbocycles. The van der Waals surface area contributed by atoms with Gasteiger partial charge >= 0.3 is 6.09 Å². The molecule has 1 aliphatic rings. The first-order valence-corrected chi connectivity index (χ1v) is 7.28. The van der Waals surface area contributed by atoms with E-state index >= 15 is 0 Å². The third kappa shape index (κ3) is 4.02. The van der Waals surface area contributed by atoms with Crippen LogP contribution in [0.5, 0.6) is 0 Å². The highest BCUT2D eigenvalue weighted by molar-refractivity contribution is 6.33. The first kappa shape index (κ1) is 15.9. The highest BCUT2D eigenvalue weighted by atomic mass is 35.5. The minimum absolute atomic E-state index is 0.216. The molecule has 1 unspecified atom stereocenters. The molecule has 0 radical (unpaired) electrons. The van der Waals surface area contributed by atoms with Gasteiger partial charge in [-0.25, -0.2) is 4.79 Å². The summed E-state index contributed by atoms with van der Waals surface area (Å²) in [7, 11) is 0. The molecular formula is C15H21ClN2O3. The Kier molecular flexibility index (Phi) is 4.64. The zero-order valence-corrected chi connectivity index (χ0v) is 13.3. The largest absolute Gasteiger partial charge is 0.444 e. The molecule has 0 bridgehead atoms. The van der Waals surface area contributed by atoms with Crippen LogP contribution < -0.4 is 5.73 Å². The summed E-state index contributed by atoms with van der Waals surface area (Å²) in [6, 6.07) is 5.15. The molecule has 0 saturated carbocycles. The van der Waals surface area contributed by atoms with Crippen molar-refractivity contribution < 1.29 is 14.3 Å². The van der Waals surface area contributed by atoms with Gasteiger partial charge in [-0.2, -0.15) is 0 Å². The van der Waals surface area contributed by atoms with Gasteiger partial charge in [0.2, 0.25) is 0 Å². The molecule has 1 amide bonds. The molecule has 116 valence electrons. The first-order valence-electron chi connectivity index (χ1n) is 6.90. The Balaban J connectivity index is 2.22. The summed E-state index contributed by atoms with van der Waals surface area (Å²) < 4.78 is 11.0. The van der Waals surface area contributed by atoms with Crippen molar-refractivity contribution in [2.24, 2.45) is 0 Å². The minimum atomic E-state index is -0.529. The lowest BCUT2D eigenvalue weighted by atomic mass is 10.0. The number of halogens is 1. The van der Waals surface area contributed by atoms with Crippen molar-refractivity contribution in [3.05, 3.63) is 28.8 Å². The number of nitrogens with zero attached hydrogens (tertiary/aromatic N) is 1. The molecule has 1 aromatic rings. The second-order valence-electron chi connectivity index (χ2n) is 6.05. The normalized spacial score (nSPS) is 19.4. The summed E-state index contributed by atoms with van der Waals surface area (Å²) in [5, 5.41) is 0.474. The number of amides is 1. The number of rotatable bonds is 1. The quantitative estimate of drug-likeness (QED) is 0.809. The molecule has 6 heteroatoms. The topological polar surface area (TPSA) is 64.8 Å². The van der Waals surface area contributed by atoms with E-state index in [2.05, 4.69) is 0 Å². The van der Waals surface area contributed by atoms with Gasteiger partial charge in [0, 0.05) is 6.54 Å². The maximum absolute atomic E-state index is 12.3. The Hall–Kier alpha value is -1.46. The number of nitrogen functional groups attached to an aromatic ring is 1. The van der Waals surface area contributed by atoms with Gasteiger partial charge in [-0.1, -0.05) is 17.7 Å². The lowest BCUT2D eigenvalue weighted by Crippen LogP contribution is -2.45. The average molecular weight is 313 g/mol. The number of hydrogen-bond acceptors (Lipinski definition) is 4. The number of ether oxygens (including phenoxy) is 2. The maximum atomic E-state index is 12.3. The zero-order valence-electron chi connectivity index (χ0n) is 12.6. The van der Waals surface area contributed by atoms with Crippen LogP contribution in [0.4, 0.5) is 10.5 Å².